The summed E-state index contributed by atoms with van der Waals surface area (Å²) in [6.07, 6.45) is 7.74. The van der Waals surface area contributed by atoms with Crippen LogP contribution in [0.25, 0.3) is 87.8 Å². The Bertz CT molecular complexity index is 5810. The maximum Gasteiger partial charge on any atom is 0.178 e. The predicted molar refractivity (Wildman–Crippen MR) is 431 cm³/mol. The molecule has 518 valence electrons. The van der Waals surface area contributed by atoms with E-state index in [9.17, 15) is 0 Å². The zero-order chi connectivity index (χ0) is 71.6. The van der Waals surface area contributed by atoms with Crippen LogP contribution in [-0.2, 0) is 0 Å². The molecule has 4 aliphatic rings. The topological polar surface area (TPSA) is 130 Å². The van der Waals surface area contributed by atoms with E-state index in [1.165, 1.54) is 33.8 Å². The second kappa shape index (κ2) is 25.3. The summed E-state index contributed by atoms with van der Waals surface area (Å²) in [5, 5.41) is 9.20. The van der Waals surface area contributed by atoms with Gasteiger partial charge in [-0.15, -0.1) is 0 Å². The molecule has 16 nitrogen and oxygen atoms in total. The van der Waals surface area contributed by atoms with Gasteiger partial charge in [0.1, 0.15) is 47.0 Å². The molecule has 0 spiro atoms. The number of furan rings is 4. The van der Waals surface area contributed by atoms with Gasteiger partial charge in [-0.1, -0.05) is 152 Å². The molecule has 17 aromatic rings. The fourth-order valence-electron chi connectivity index (χ4n) is 16.3. The van der Waals surface area contributed by atoms with Gasteiger partial charge < -0.3 is 52.0 Å². The quantitative estimate of drug-likeness (QED) is 0.162. The third-order valence-electron chi connectivity index (χ3n) is 21.8. The van der Waals surface area contributed by atoms with Gasteiger partial charge in [0.15, 0.2) is 45.6 Å². The number of anilines is 13. The van der Waals surface area contributed by atoms with Crippen molar-refractivity contribution in [3.63, 3.8) is 0 Å². The molecule has 11 heterocycles. The van der Waals surface area contributed by atoms with E-state index < -0.39 is 0 Å². The van der Waals surface area contributed by atoms with E-state index in [1.54, 1.807) is 12.4 Å². The molecular formula is C89H78N12O4. The van der Waals surface area contributed by atoms with E-state index in [1.807, 2.05) is 86.2 Å². The summed E-state index contributed by atoms with van der Waals surface area (Å²) in [7, 11) is 6.25. The van der Waals surface area contributed by atoms with Crippen LogP contribution in [0.15, 0.2) is 267 Å². The van der Waals surface area contributed by atoms with Crippen LogP contribution in [-0.4, -0.2) is 65.7 Å². The first kappa shape index (κ1) is 64.3. The van der Waals surface area contributed by atoms with Crippen LogP contribution in [0.5, 0.6) is 0 Å². The van der Waals surface area contributed by atoms with Crippen molar-refractivity contribution < 1.29 is 17.7 Å². The number of hydrogen-bond donors (Lipinski definition) is 0. The Labute approximate surface area is 608 Å². The molecule has 4 aliphatic heterocycles. The molecule has 10 aromatic carbocycles. The zero-order valence-electron chi connectivity index (χ0n) is 60.5. The Morgan fingerprint density at radius 3 is 1.04 bits per heavy atom. The van der Waals surface area contributed by atoms with Gasteiger partial charge in [0.2, 0.25) is 0 Å². The molecule has 0 fully saturated rings. The summed E-state index contributed by atoms with van der Waals surface area (Å²) in [6, 6.07) is 77.7. The van der Waals surface area contributed by atoms with Crippen molar-refractivity contribution in [2.75, 3.05) is 60.3 Å². The summed E-state index contributed by atoms with van der Waals surface area (Å²) in [6.45, 7) is 17.4. The molecule has 0 N–H and O–H groups in total. The third kappa shape index (κ3) is 10.2. The van der Waals surface area contributed by atoms with Gasteiger partial charge in [-0.2, -0.15) is 0 Å². The highest BCUT2D eigenvalue weighted by atomic mass is 16.3. The van der Waals surface area contributed by atoms with E-state index in [2.05, 4.69) is 286 Å². The van der Waals surface area contributed by atoms with E-state index in [0.717, 1.165) is 151 Å². The van der Waals surface area contributed by atoms with Gasteiger partial charge >= 0.3 is 0 Å². The minimum atomic E-state index is 0.106. The van der Waals surface area contributed by atoms with Crippen LogP contribution < -0.4 is 39.2 Å². The fraction of sp³-hybridized carbons (Fsp3) is 0.169. The first-order chi connectivity index (χ1) is 51.2. The summed E-state index contributed by atoms with van der Waals surface area (Å²) in [5.74, 6) is 3.74. The summed E-state index contributed by atoms with van der Waals surface area (Å²) in [4.78, 5) is 36.6. The molecule has 0 amide bonds. The number of pyridine rings is 2. The van der Waals surface area contributed by atoms with Crippen molar-refractivity contribution in [2.24, 2.45) is 0 Å². The summed E-state index contributed by atoms with van der Waals surface area (Å²) >= 11 is 0. The Morgan fingerprint density at radius 1 is 0.248 bits per heavy atom. The van der Waals surface area contributed by atoms with Crippen LogP contribution in [0, 0.1) is 27.7 Å². The molecule has 0 bridgehead atoms. The molecule has 4 unspecified atom stereocenters. The molecule has 7 aromatic heterocycles. The van der Waals surface area contributed by atoms with Gasteiger partial charge in [-0.05, 0) is 150 Å². The lowest BCUT2D eigenvalue weighted by atomic mass is 10.1. The zero-order valence-corrected chi connectivity index (χ0v) is 60.5. The van der Waals surface area contributed by atoms with Crippen molar-refractivity contribution in [2.45, 2.75) is 80.1 Å². The van der Waals surface area contributed by atoms with Crippen LogP contribution in [0.3, 0.4) is 0 Å². The number of fused-ring (bicyclic) bond motifs is 16. The average molecular weight is 1380 g/mol. The van der Waals surface area contributed by atoms with Crippen LogP contribution in [0.2, 0.25) is 0 Å². The predicted octanol–water partition coefficient (Wildman–Crippen LogP) is 22.6. The SMILES string of the molecule is Cc1ccc2c(oc3ccccc32)c1N1c2ccccc2N(c2ccccc2)C1C.Cc1ccc2c(oc3ccccc32)c1N1c2cccnc2N(C)C1C.Cc1ccc2c(oc3ccccc32)c1N1c2ncccc2N(C)C1C.Cc1ccc2c(oc3ccccc32)c1N1c2nccnc2N(C)C1C. The van der Waals surface area contributed by atoms with Crippen molar-refractivity contribution >= 4 is 162 Å². The third-order valence-corrected chi connectivity index (χ3v) is 21.8. The van der Waals surface area contributed by atoms with E-state index in [0.29, 0.717) is 0 Å². The minimum absolute atomic E-state index is 0.106. The van der Waals surface area contributed by atoms with Crippen molar-refractivity contribution in [3.8, 4) is 0 Å². The first-order valence-corrected chi connectivity index (χ1v) is 35.9. The minimum Gasteiger partial charge on any atom is -0.454 e. The lowest BCUT2D eigenvalue weighted by Crippen LogP contribution is -2.36. The maximum absolute atomic E-state index is 6.42. The van der Waals surface area contributed by atoms with Gasteiger partial charge in [0.05, 0.1) is 45.5 Å². The summed E-state index contributed by atoms with van der Waals surface area (Å²) in [5.41, 5.74) is 22.5. The number of nitrogens with zero attached hydrogens (tertiary/aromatic N) is 12. The van der Waals surface area contributed by atoms with Crippen molar-refractivity contribution in [1.29, 1.82) is 0 Å². The Morgan fingerprint density at radius 2 is 0.571 bits per heavy atom. The first-order valence-electron chi connectivity index (χ1n) is 35.9. The second-order valence-electron chi connectivity index (χ2n) is 27.8. The second-order valence-corrected chi connectivity index (χ2v) is 27.8. The van der Waals surface area contributed by atoms with Crippen LogP contribution in [0.1, 0.15) is 49.9 Å². The fourth-order valence-corrected chi connectivity index (χ4v) is 16.3. The number of aromatic nitrogens is 4. The highest BCUT2D eigenvalue weighted by Gasteiger charge is 2.41. The molecule has 4 atom stereocenters. The highest BCUT2D eigenvalue weighted by Crippen LogP contribution is 2.53. The van der Waals surface area contributed by atoms with Gasteiger partial charge in [-0.3, -0.25) is 4.90 Å². The summed E-state index contributed by atoms with van der Waals surface area (Å²) < 4.78 is 25.3. The number of benzene rings is 10. The molecule has 0 saturated heterocycles. The van der Waals surface area contributed by atoms with Gasteiger partial charge in [0, 0.05) is 94.7 Å². The monoisotopic (exact) mass is 1380 g/mol. The van der Waals surface area contributed by atoms with E-state index >= 15 is 0 Å². The lowest BCUT2D eigenvalue weighted by Gasteiger charge is -2.31. The molecule has 0 aliphatic carbocycles. The molecule has 0 radical (unpaired) electrons. The highest BCUT2D eigenvalue weighted by molar-refractivity contribution is 6.14. The Balaban J connectivity index is 0.0000000998. The van der Waals surface area contributed by atoms with Crippen LogP contribution >= 0.6 is 0 Å². The average Bonchev–Trinajstić information content (AvgIpc) is 1.60. The van der Waals surface area contributed by atoms with Crippen LogP contribution in [0.4, 0.5) is 74.5 Å². The molecule has 21 rings (SSSR count). The maximum atomic E-state index is 6.42. The van der Waals surface area contributed by atoms with Gasteiger partial charge in [-0.25, -0.2) is 19.9 Å². The van der Waals surface area contributed by atoms with Gasteiger partial charge in [0.25, 0.3) is 0 Å². The van der Waals surface area contributed by atoms with Crippen molar-refractivity contribution in [3.05, 3.63) is 271 Å². The largest absolute Gasteiger partial charge is 0.454 e. The molecular weight excluding hydrogens is 1300 g/mol. The molecule has 16 heteroatoms. The number of para-hydroxylation sites is 7. The van der Waals surface area contributed by atoms with E-state index in [4.69, 9.17) is 17.7 Å². The standard InChI is InChI=1S/C27H22N2O.2C21H19N3O.C20H18N4O/c1-18-16-17-22-21-12-6-9-15-25(21)30-27(22)26(18)29-19(2)28(20-10-4-3-5-11-20)23-13-7-8-14-24(23)29;1-13-10-11-16-15-7-4-5-9-18(15)25-20(16)19(13)24-14(2)23(3)21-17(24)8-6-12-22-21;1-13-10-11-16-15-7-4-5-9-18(15)25-20(16)19(13)24-14(2)23(3)17-8-6-12-22-21(17)24;1-12-8-9-15-14-6-4-5-7-16(14)25-18(15)17(12)24-13(2)23(3)19-20(24)22-11-10-21-19/h3-17,19H,1-2H3;2*4-12,14H,1-3H3;4-11,13H,1-3H3. The van der Waals surface area contributed by atoms with Crippen molar-refractivity contribution in [1.82, 2.24) is 19.9 Å². The normalized spacial score (nSPS) is 16.6. The molecule has 105 heavy (non-hydrogen) atoms. The number of rotatable bonds is 5. The number of aryl methyl sites for hydroxylation is 4. The van der Waals surface area contributed by atoms with E-state index in [-0.39, 0.29) is 24.7 Å². The lowest BCUT2D eigenvalue weighted by molar-refractivity contribution is 0.660. The Hall–Kier alpha value is -12.8. The Kier molecular flexibility index (Phi) is 15.5. The number of hydrogen-bond acceptors (Lipinski definition) is 16. The smallest absolute Gasteiger partial charge is 0.178 e. The molecule has 0 saturated carbocycles.